The zero-order valence-corrected chi connectivity index (χ0v) is 9.03. The van der Waals surface area contributed by atoms with Crippen LogP contribution in [0.15, 0.2) is 18.2 Å². The van der Waals surface area contributed by atoms with Gasteiger partial charge >= 0.3 is 5.97 Å². The fourth-order valence-corrected chi connectivity index (χ4v) is 1.89. The topological polar surface area (TPSA) is 35.5 Å². The first-order chi connectivity index (χ1) is 7.70. The van der Waals surface area contributed by atoms with E-state index in [1.807, 2.05) is 0 Å². The monoisotopic (exact) mass is 224 g/mol. The summed E-state index contributed by atoms with van der Waals surface area (Å²) in [5.74, 6) is -0.158. The van der Waals surface area contributed by atoms with Crippen LogP contribution in [0.1, 0.15) is 12.0 Å². The van der Waals surface area contributed by atoms with Gasteiger partial charge in [-0.1, -0.05) is 0 Å². The molecule has 3 nitrogen and oxygen atoms in total. The minimum absolute atomic E-state index is 0.243. The first kappa shape index (κ1) is 10.9. The van der Waals surface area contributed by atoms with E-state index in [9.17, 15) is 9.18 Å². The second-order valence-corrected chi connectivity index (χ2v) is 3.81. The highest BCUT2D eigenvalue weighted by molar-refractivity contribution is 5.73. The van der Waals surface area contributed by atoms with Crippen LogP contribution >= 0.6 is 0 Å². The van der Waals surface area contributed by atoms with Crippen molar-refractivity contribution in [3.8, 4) is 5.75 Å². The van der Waals surface area contributed by atoms with E-state index >= 15 is 0 Å². The molecule has 0 N–H and O–H groups in total. The number of carbonyl (C=O) groups excluding carboxylic acids is 1. The molecule has 1 atom stereocenters. The van der Waals surface area contributed by atoms with Gasteiger partial charge in [-0.15, -0.1) is 0 Å². The van der Waals surface area contributed by atoms with Crippen molar-refractivity contribution in [2.75, 3.05) is 13.7 Å². The fraction of sp³-hybridized carbons (Fsp3) is 0.417. The summed E-state index contributed by atoms with van der Waals surface area (Å²) in [6.45, 7) is 0.457. The summed E-state index contributed by atoms with van der Waals surface area (Å²) in [5, 5.41) is 0. The molecule has 0 amide bonds. The summed E-state index contributed by atoms with van der Waals surface area (Å²) in [6.07, 6.45) is 1.07. The van der Waals surface area contributed by atoms with Crippen LogP contribution in [0.5, 0.6) is 5.75 Å². The molecule has 2 rings (SSSR count). The lowest BCUT2D eigenvalue weighted by Gasteiger charge is -2.10. The maximum absolute atomic E-state index is 13.1. The van der Waals surface area contributed by atoms with E-state index in [4.69, 9.17) is 9.47 Å². The maximum Gasteiger partial charge on any atom is 0.309 e. The van der Waals surface area contributed by atoms with Gasteiger partial charge in [0.05, 0.1) is 19.6 Å². The second kappa shape index (κ2) is 4.51. The van der Waals surface area contributed by atoms with E-state index in [1.165, 1.54) is 19.2 Å². The highest BCUT2D eigenvalue weighted by atomic mass is 19.1. The molecule has 4 heteroatoms. The molecule has 0 saturated carbocycles. The van der Waals surface area contributed by atoms with Gasteiger partial charge in [0.15, 0.2) is 0 Å². The third kappa shape index (κ3) is 2.15. The number of ether oxygens (including phenoxy) is 2. The molecule has 0 spiro atoms. The molecule has 1 unspecified atom stereocenters. The second-order valence-electron chi connectivity index (χ2n) is 3.81. The number of fused-ring (bicyclic) bond motifs is 1. The highest BCUT2D eigenvalue weighted by Gasteiger charge is 2.24. The molecule has 0 aliphatic carbocycles. The van der Waals surface area contributed by atoms with Crippen LogP contribution in [-0.2, 0) is 16.0 Å². The zero-order chi connectivity index (χ0) is 11.5. The summed E-state index contributed by atoms with van der Waals surface area (Å²) in [6, 6.07) is 4.37. The molecule has 16 heavy (non-hydrogen) atoms. The first-order valence-corrected chi connectivity index (χ1v) is 5.20. The van der Waals surface area contributed by atoms with Gasteiger partial charge in [0.1, 0.15) is 11.6 Å². The Morgan fingerprint density at radius 2 is 2.38 bits per heavy atom. The summed E-state index contributed by atoms with van der Waals surface area (Å²) >= 11 is 0. The molecule has 0 radical (unpaired) electrons. The van der Waals surface area contributed by atoms with E-state index in [0.717, 1.165) is 5.56 Å². The molecular weight excluding hydrogens is 211 g/mol. The van der Waals surface area contributed by atoms with Crippen molar-refractivity contribution in [2.45, 2.75) is 12.8 Å². The van der Waals surface area contributed by atoms with E-state index in [2.05, 4.69) is 0 Å². The lowest BCUT2D eigenvalue weighted by molar-refractivity contribution is -0.145. The number of hydrogen-bond donors (Lipinski definition) is 0. The normalized spacial score (nSPS) is 19.2. The summed E-state index contributed by atoms with van der Waals surface area (Å²) < 4.78 is 23.2. The molecule has 0 fully saturated rings. The maximum atomic E-state index is 13.1. The van der Waals surface area contributed by atoms with Gasteiger partial charge in [0.25, 0.3) is 0 Å². The van der Waals surface area contributed by atoms with Crippen LogP contribution in [0.25, 0.3) is 0 Å². The molecule has 1 aliphatic rings. The Hall–Kier alpha value is -1.58. The van der Waals surface area contributed by atoms with Crippen molar-refractivity contribution in [3.63, 3.8) is 0 Å². The number of benzene rings is 1. The molecule has 0 saturated heterocycles. The summed E-state index contributed by atoms with van der Waals surface area (Å²) in [7, 11) is 1.36. The minimum atomic E-state index is -0.312. The van der Waals surface area contributed by atoms with Gasteiger partial charge in [-0.25, -0.2) is 4.39 Å². The highest BCUT2D eigenvalue weighted by Crippen LogP contribution is 2.28. The largest absolute Gasteiger partial charge is 0.493 e. The van der Waals surface area contributed by atoms with Crippen LogP contribution < -0.4 is 4.74 Å². The number of rotatable bonds is 1. The number of carbonyl (C=O) groups is 1. The van der Waals surface area contributed by atoms with Gasteiger partial charge in [-0.3, -0.25) is 4.79 Å². The Kier molecular flexibility index (Phi) is 3.08. The molecule has 1 aromatic carbocycles. The van der Waals surface area contributed by atoms with Gasteiger partial charge < -0.3 is 9.47 Å². The van der Waals surface area contributed by atoms with Crippen molar-refractivity contribution in [2.24, 2.45) is 5.92 Å². The number of halogens is 1. The summed E-state index contributed by atoms with van der Waals surface area (Å²) in [5.41, 5.74) is 0.730. The number of methoxy groups -OCH3 is 1. The van der Waals surface area contributed by atoms with E-state index < -0.39 is 0 Å². The zero-order valence-electron chi connectivity index (χ0n) is 9.03. The third-order valence-corrected chi connectivity index (χ3v) is 2.75. The average molecular weight is 224 g/mol. The van der Waals surface area contributed by atoms with Crippen LogP contribution in [-0.4, -0.2) is 19.7 Å². The molecule has 1 aromatic rings. The Morgan fingerprint density at radius 1 is 1.56 bits per heavy atom. The Labute approximate surface area is 93.2 Å². The van der Waals surface area contributed by atoms with E-state index in [1.54, 1.807) is 6.07 Å². The molecule has 86 valence electrons. The van der Waals surface area contributed by atoms with Gasteiger partial charge in [-0.2, -0.15) is 0 Å². The fourth-order valence-electron chi connectivity index (χ4n) is 1.89. The first-order valence-electron chi connectivity index (χ1n) is 5.20. The molecule has 1 heterocycles. The lowest BCUT2D eigenvalue weighted by atomic mass is 9.97. The minimum Gasteiger partial charge on any atom is -0.493 e. The SMILES string of the molecule is COC(=O)C1CCOc2ccc(F)cc2C1. The third-order valence-electron chi connectivity index (χ3n) is 2.75. The quantitative estimate of drug-likeness (QED) is 0.684. The van der Waals surface area contributed by atoms with Crippen molar-refractivity contribution in [3.05, 3.63) is 29.6 Å². The Balaban J connectivity index is 2.25. The van der Waals surface area contributed by atoms with Crippen LogP contribution in [0.4, 0.5) is 4.39 Å². The van der Waals surface area contributed by atoms with Crippen LogP contribution in [0.3, 0.4) is 0 Å². The van der Waals surface area contributed by atoms with E-state index in [-0.39, 0.29) is 17.7 Å². The van der Waals surface area contributed by atoms with E-state index in [0.29, 0.717) is 25.2 Å². The molecule has 0 bridgehead atoms. The molecule has 0 aromatic heterocycles. The Bertz CT molecular complexity index is 403. The summed E-state index contributed by atoms with van der Waals surface area (Å²) in [4.78, 5) is 11.4. The number of esters is 1. The molecule has 1 aliphatic heterocycles. The standard InChI is InChI=1S/C12H13FO3/c1-15-12(14)8-4-5-16-11-3-2-10(13)7-9(11)6-8/h2-3,7-8H,4-6H2,1H3. The van der Waals surface area contributed by atoms with Gasteiger partial charge in [0, 0.05) is 0 Å². The Morgan fingerprint density at radius 3 is 3.12 bits per heavy atom. The van der Waals surface area contributed by atoms with Crippen molar-refractivity contribution in [1.82, 2.24) is 0 Å². The van der Waals surface area contributed by atoms with Gasteiger partial charge in [0.2, 0.25) is 0 Å². The van der Waals surface area contributed by atoms with Crippen molar-refractivity contribution in [1.29, 1.82) is 0 Å². The van der Waals surface area contributed by atoms with Crippen molar-refractivity contribution < 1.29 is 18.7 Å². The van der Waals surface area contributed by atoms with Gasteiger partial charge in [-0.05, 0) is 36.6 Å². The van der Waals surface area contributed by atoms with Crippen LogP contribution in [0, 0.1) is 11.7 Å². The number of hydrogen-bond acceptors (Lipinski definition) is 3. The predicted octanol–water partition coefficient (Wildman–Crippen LogP) is 1.94. The lowest BCUT2D eigenvalue weighted by Crippen LogP contribution is -2.19. The smallest absolute Gasteiger partial charge is 0.309 e. The molecular formula is C12H13FO3. The average Bonchev–Trinajstić information content (AvgIpc) is 2.49. The van der Waals surface area contributed by atoms with Crippen LogP contribution in [0.2, 0.25) is 0 Å². The van der Waals surface area contributed by atoms with Crippen molar-refractivity contribution >= 4 is 5.97 Å². The predicted molar refractivity (Wildman–Crippen MR) is 55.7 cm³/mol.